The summed E-state index contributed by atoms with van der Waals surface area (Å²) in [6.45, 7) is 10.4. The van der Waals surface area contributed by atoms with Crippen molar-refractivity contribution in [2.45, 2.75) is 40.3 Å². The van der Waals surface area contributed by atoms with Gasteiger partial charge in [0.15, 0.2) is 0 Å². The van der Waals surface area contributed by atoms with E-state index in [1.165, 1.54) is 11.1 Å². The van der Waals surface area contributed by atoms with Gasteiger partial charge in [0, 0.05) is 32.5 Å². The van der Waals surface area contributed by atoms with Crippen LogP contribution >= 0.6 is 0 Å². The SMILES string of the molecule is CC(=O)N1CC(NC(=O)CN(C)Cc2ccc(C)cc2)C(C(C)C)C1. The molecule has 1 aliphatic rings. The number of carbonyl (C=O) groups excluding carboxylic acids is 2. The Labute approximate surface area is 151 Å². The van der Waals surface area contributed by atoms with E-state index in [0.717, 1.165) is 13.1 Å². The maximum Gasteiger partial charge on any atom is 0.234 e. The summed E-state index contributed by atoms with van der Waals surface area (Å²) in [6.07, 6.45) is 0. The number of nitrogens with zero attached hydrogens (tertiary/aromatic N) is 2. The number of aryl methyl sites for hydroxylation is 1. The molecule has 2 amide bonds. The number of likely N-dealkylation sites (N-methyl/N-ethyl adjacent to an activating group) is 1. The third-order valence-corrected chi connectivity index (χ3v) is 5.00. The van der Waals surface area contributed by atoms with Crippen molar-refractivity contribution < 1.29 is 9.59 Å². The van der Waals surface area contributed by atoms with Gasteiger partial charge in [0.2, 0.25) is 11.8 Å². The van der Waals surface area contributed by atoms with E-state index in [1.807, 2.05) is 16.8 Å². The number of rotatable bonds is 6. The fourth-order valence-corrected chi connectivity index (χ4v) is 3.47. The summed E-state index contributed by atoms with van der Waals surface area (Å²) < 4.78 is 0. The lowest BCUT2D eigenvalue weighted by atomic mass is 9.91. The minimum Gasteiger partial charge on any atom is -0.350 e. The Morgan fingerprint density at radius 1 is 1.24 bits per heavy atom. The first-order chi connectivity index (χ1) is 11.8. The summed E-state index contributed by atoms with van der Waals surface area (Å²) in [5.74, 6) is 0.852. The van der Waals surface area contributed by atoms with Crippen molar-refractivity contribution in [2.75, 3.05) is 26.7 Å². The molecule has 0 radical (unpaired) electrons. The molecule has 1 N–H and O–H groups in total. The number of hydrogen-bond donors (Lipinski definition) is 1. The lowest BCUT2D eigenvalue weighted by Crippen LogP contribution is -2.45. The van der Waals surface area contributed by atoms with Crippen molar-refractivity contribution in [1.82, 2.24) is 15.1 Å². The molecule has 1 heterocycles. The quantitative estimate of drug-likeness (QED) is 0.858. The third kappa shape index (κ3) is 5.56. The number of amides is 2. The van der Waals surface area contributed by atoms with Gasteiger partial charge in [-0.2, -0.15) is 0 Å². The molecule has 0 aromatic heterocycles. The zero-order valence-electron chi connectivity index (χ0n) is 16.1. The van der Waals surface area contributed by atoms with E-state index in [4.69, 9.17) is 0 Å². The standard InChI is InChI=1S/C20H31N3O2/c1-14(2)18-11-23(16(4)24)12-19(18)21-20(25)13-22(5)10-17-8-6-15(3)7-9-17/h6-9,14,18-19H,10-13H2,1-5H3,(H,21,25). The van der Waals surface area contributed by atoms with Crippen LogP contribution in [0.25, 0.3) is 0 Å². The Balaban J connectivity index is 1.87. The molecular weight excluding hydrogens is 314 g/mol. The number of benzene rings is 1. The lowest BCUT2D eigenvalue weighted by molar-refractivity contribution is -0.128. The van der Waals surface area contributed by atoms with Gasteiger partial charge >= 0.3 is 0 Å². The largest absolute Gasteiger partial charge is 0.350 e. The molecule has 1 aromatic carbocycles. The Bertz CT molecular complexity index is 597. The molecule has 5 heteroatoms. The second-order valence-electron chi connectivity index (χ2n) is 7.66. The highest BCUT2D eigenvalue weighted by atomic mass is 16.2. The molecule has 2 atom stereocenters. The Hall–Kier alpha value is -1.88. The van der Waals surface area contributed by atoms with Crippen molar-refractivity contribution in [3.8, 4) is 0 Å². The minimum absolute atomic E-state index is 0.0238. The second kappa shape index (κ2) is 8.48. The van der Waals surface area contributed by atoms with Crippen LogP contribution in [0, 0.1) is 18.8 Å². The first-order valence-electron chi connectivity index (χ1n) is 9.05. The van der Waals surface area contributed by atoms with E-state index in [1.54, 1.807) is 6.92 Å². The molecule has 1 fully saturated rings. The molecule has 25 heavy (non-hydrogen) atoms. The number of carbonyl (C=O) groups is 2. The molecule has 0 bridgehead atoms. The second-order valence-corrected chi connectivity index (χ2v) is 7.66. The average molecular weight is 345 g/mol. The molecular formula is C20H31N3O2. The molecule has 1 aliphatic heterocycles. The van der Waals surface area contributed by atoms with Crippen LogP contribution in [0.15, 0.2) is 24.3 Å². The van der Waals surface area contributed by atoms with Crippen LogP contribution in [0.4, 0.5) is 0 Å². The molecule has 2 rings (SSSR count). The molecule has 0 aliphatic carbocycles. The summed E-state index contributed by atoms with van der Waals surface area (Å²) >= 11 is 0. The highest BCUT2D eigenvalue weighted by Crippen LogP contribution is 2.24. The fourth-order valence-electron chi connectivity index (χ4n) is 3.47. The molecule has 0 spiro atoms. The molecule has 2 unspecified atom stereocenters. The van der Waals surface area contributed by atoms with Gasteiger partial charge in [-0.15, -0.1) is 0 Å². The van der Waals surface area contributed by atoms with Gasteiger partial charge in [-0.3, -0.25) is 14.5 Å². The summed E-state index contributed by atoms with van der Waals surface area (Å²) in [6, 6.07) is 8.42. The van der Waals surface area contributed by atoms with Crippen molar-refractivity contribution in [1.29, 1.82) is 0 Å². The molecule has 1 aromatic rings. The summed E-state index contributed by atoms with van der Waals surface area (Å²) in [5.41, 5.74) is 2.43. The lowest BCUT2D eigenvalue weighted by Gasteiger charge is -2.24. The first-order valence-corrected chi connectivity index (χ1v) is 9.05. The van der Waals surface area contributed by atoms with E-state index >= 15 is 0 Å². The van der Waals surface area contributed by atoms with Crippen LogP contribution < -0.4 is 5.32 Å². The van der Waals surface area contributed by atoms with Crippen molar-refractivity contribution >= 4 is 11.8 Å². The van der Waals surface area contributed by atoms with Crippen LogP contribution in [-0.2, 0) is 16.1 Å². The van der Waals surface area contributed by atoms with Gasteiger partial charge in [0.25, 0.3) is 0 Å². The molecule has 1 saturated heterocycles. The van der Waals surface area contributed by atoms with E-state index in [0.29, 0.717) is 24.9 Å². The fraction of sp³-hybridized carbons (Fsp3) is 0.600. The molecule has 0 saturated carbocycles. The minimum atomic E-state index is 0.0238. The van der Waals surface area contributed by atoms with Gasteiger partial charge in [-0.1, -0.05) is 43.7 Å². The van der Waals surface area contributed by atoms with E-state index < -0.39 is 0 Å². The Morgan fingerprint density at radius 2 is 1.88 bits per heavy atom. The predicted octanol–water partition coefficient (Wildman–Crippen LogP) is 2.05. The van der Waals surface area contributed by atoms with Crippen LogP contribution in [0.5, 0.6) is 0 Å². The summed E-state index contributed by atoms with van der Waals surface area (Å²) in [5, 5.41) is 3.15. The average Bonchev–Trinajstić information content (AvgIpc) is 2.93. The highest BCUT2D eigenvalue weighted by molar-refractivity contribution is 5.79. The number of hydrogen-bond acceptors (Lipinski definition) is 3. The zero-order valence-corrected chi connectivity index (χ0v) is 16.1. The van der Waals surface area contributed by atoms with Gasteiger partial charge < -0.3 is 10.2 Å². The van der Waals surface area contributed by atoms with Gasteiger partial charge in [-0.25, -0.2) is 0 Å². The topological polar surface area (TPSA) is 52.7 Å². The smallest absolute Gasteiger partial charge is 0.234 e. The maximum absolute atomic E-state index is 12.4. The van der Waals surface area contributed by atoms with E-state index in [9.17, 15) is 9.59 Å². The summed E-state index contributed by atoms with van der Waals surface area (Å²) in [7, 11) is 1.95. The van der Waals surface area contributed by atoms with Crippen molar-refractivity contribution in [3.63, 3.8) is 0 Å². The van der Waals surface area contributed by atoms with E-state index in [2.05, 4.69) is 50.4 Å². The molecule has 138 valence electrons. The predicted molar refractivity (Wildman–Crippen MR) is 100 cm³/mol. The van der Waals surface area contributed by atoms with Gasteiger partial charge in [0.05, 0.1) is 12.6 Å². The van der Waals surface area contributed by atoms with Gasteiger partial charge in [-0.05, 0) is 25.5 Å². The highest BCUT2D eigenvalue weighted by Gasteiger charge is 2.36. The van der Waals surface area contributed by atoms with Gasteiger partial charge in [0.1, 0.15) is 0 Å². The number of nitrogens with one attached hydrogen (secondary N) is 1. The monoisotopic (exact) mass is 345 g/mol. The van der Waals surface area contributed by atoms with Crippen LogP contribution in [0.1, 0.15) is 31.9 Å². The van der Waals surface area contributed by atoms with E-state index in [-0.39, 0.29) is 17.9 Å². The van der Waals surface area contributed by atoms with Crippen molar-refractivity contribution in [3.05, 3.63) is 35.4 Å². The van der Waals surface area contributed by atoms with Crippen LogP contribution in [0.3, 0.4) is 0 Å². The van der Waals surface area contributed by atoms with Crippen LogP contribution in [-0.4, -0.2) is 54.3 Å². The normalized spacial score (nSPS) is 20.4. The summed E-state index contributed by atoms with van der Waals surface area (Å²) in [4.78, 5) is 28.0. The maximum atomic E-state index is 12.4. The third-order valence-electron chi connectivity index (χ3n) is 5.00. The van der Waals surface area contributed by atoms with Crippen LogP contribution in [0.2, 0.25) is 0 Å². The number of likely N-dealkylation sites (tertiary alicyclic amines) is 1. The van der Waals surface area contributed by atoms with Crippen molar-refractivity contribution in [2.24, 2.45) is 11.8 Å². The Morgan fingerprint density at radius 3 is 2.44 bits per heavy atom. The first kappa shape index (κ1) is 19.4. The molecule has 5 nitrogen and oxygen atoms in total. The Kier molecular flexibility index (Phi) is 6.59. The zero-order chi connectivity index (χ0) is 18.6.